The van der Waals surface area contributed by atoms with Gasteiger partial charge in [-0.1, -0.05) is 62.3 Å². The van der Waals surface area contributed by atoms with Gasteiger partial charge in [0.25, 0.3) is 0 Å². The fourth-order valence-electron chi connectivity index (χ4n) is 11.1. The normalized spacial score (nSPS) is 52.4. The van der Waals surface area contributed by atoms with Crippen molar-refractivity contribution in [2.24, 2.45) is 16.2 Å². The Labute approximate surface area is 199 Å². The summed E-state index contributed by atoms with van der Waals surface area (Å²) in [6.07, 6.45) is 1.47. The Kier molecular flexibility index (Phi) is 3.33. The topological polar surface area (TPSA) is 60.7 Å². The average molecular weight is 451 g/mol. The number of hydrogen-bond acceptors (Lipinski definition) is 3. The van der Waals surface area contributed by atoms with Crippen molar-refractivity contribution < 1.29 is 15.3 Å². The standard InChI is InChI=1S/C30H42O3/c1-25(2)13-10-16(31)28(25,7)22-19(13)23-21(15-12-17(32)29(23,8)27(15,5)6)24-20(22)14-11-18(33)30(24,9)26(14,3)4/h13-18,31-33H,10-12H2,1-9H3/t13-,14-,15-,16-,17-,18-,28+,29+,30+/m1/s1. The van der Waals surface area contributed by atoms with Crippen molar-refractivity contribution in [3.8, 4) is 0 Å². The van der Waals surface area contributed by atoms with Crippen LogP contribution in [-0.2, 0) is 16.2 Å². The Morgan fingerprint density at radius 2 is 0.667 bits per heavy atom. The van der Waals surface area contributed by atoms with Crippen LogP contribution in [0, 0.1) is 16.2 Å². The second-order valence-electron chi connectivity index (χ2n) is 15.1. The molecule has 3 nitrogen and oxygen atoms in total. The van der Waals surface area contributed by atoms with Gasteiger partial charge >= 0.3 is 0 Å². The Morgan fingerprint density at radius 3 is 0.879 bits per heavy atom. The van der Waals surface area contributed by atoms with Crippen LogP contribution in [0.2, 0.25) is 0 Å². The number of rotatable bonds is 0. The summed E-state index contributed by atoms with van der Waals surface area (Å²) in [5.74, 6) is 0.974. The molecule has 180 valence electrons. The van der Waals surface area contributed by atoms with Crippen LogP contribution in [0.5, 0.6) is 0 Å². The zero-order valence-corrected chi connectivity index (χ0v) is 21.9. The summed E-state index contributed by atoms with van der Waals surface area (Å²) in [5, 5.41) is 34.5. The van der Waals surface area contributed by atoms with Crippen molar-refractivity contribution in [3.05, 3.63) is 33.4 Å². The van der Waals surface area contributed by atoms with Crippen LogP contribution in [0.25, 0.3) is 0 Å². The summed E-state index contributed by atoms with van der Waals surface area (Å²) < 4.78 is 0. The lowest BCUT2D eigenvalue weighted by molar-refractivity contribution is 0.0690. The molecule has 3 saturated carbocycles. The summed E-state index contributed by atoms with van der Waals surface area (Å²) in [6, 6.07) is 0. The minimum atomic E-state index is -0.337. The maximum atomic E-state index is 11.5. The summed E-state index contributed by atoms with van der Waals surface area (Å²) in [6.45, 7) is 21.2. The van der Waals surface area contributed by atoms with Crippen LogP contribution in [0.3, 0.4) is 0 Å². The molecular weight excluding hydrogens is 408 g/mol. The molecule has 0 spiro atoms. The summed E-state index contributed by atoms with van der Waals surface area (Å²) in [4.78, 5) is 0. The number of benzene rings is 1. The van der Waals surface area contributed by atoms with Crippen LogP contribution in [0.1, 0.15) is 133 Å². The van der Waals surface area contributed by atoms with Crippen LogP contribution in [0.4, 0.5) is 0 Å². The average Bonchev–Trinajstić information content (AvgIpc) is 3.28. The predicted octanol–water partition coefficient (Wildman–Crippen LogP) is 5.12. The van der Waals surface area contributed by atoms with Gasteiger partial charge in [0, 0.05) is 16.2 Å². The van der Waals surface area contributed by atoms with Gasteiger partial charge in [-0.15, -0.1) is 0 Å². The molecule has 0 amide bonds. The second kappa shape index (κ2) is 5.13. The van der Waals surface area contributed by atoms with E-state index < -0.39 is 0 Å². The summed E-state index contributed by atoms with van der Waals surface area (Å²) in [5.41, 5.74) is 7.81. The smallest absolute Gasteiger partial charge is 0.0645 e. The van der Waals surface area contributed by atoms with Gasteiger partial charge < -0.3 is 15.3 Å². The molecule has 3 heteroatoms. The molecule has 3 N–H and O–H groups in total. The summed E-state index contributed by atoms with van der Waals surface area (Å²) >= 11 is 0. The molecule has 3 fully saturated rings. The molecule has 33 heavy (non-hydrogen) atoms. The first-order valence-corrected chi connectivity index (χ1v) is 13.3. The minimum Gasteiger partial charge on any atom is -0.392 e. The molecular formula is C30H42O3. The van der Waals surface area contributed by atoms with E-state index in [4.69, 9.17) is 0 Å². The maximum Gasteiger partial charge on any atom is 0.0645 e. The van der Waals surface area contributed by atoms with E-state index in [-0.39, 0.29) is 50.8 Å². The highest BCUT2D eigenvalue weighted by molar-refractivity contribution is 5.74. The molecule has 0 radical (unpaired) electrons. The van der Waals surface area contributed by atoms with Gasteiger partial charge in [-0.05, 0) is 86.6 Å². The van der Waals surface area contributed by atoms with Gasteiger partial charge in [0.15, 0.2) is 0 Å². The van der Waals surface area contributed by atoms with Gasteiger partial charge in [0.1, 0.15) is 0 Å². The van der Waals surface area contributed by atoms with E-state index in [2.05, 4.69) is 62.3 Å². The van der Waals surface area contributed by atoms with E-state index in [1.165, 1.54) is 33.4 Å². The molecule has 0 saturated heterocycles. The highest BCUT2D eigenvalue weighted by atomic mass is 16.3. The third kappa shape index (κ3) is 1.60. The number of aliphatic hydroxyl groups is 3. The van der Waals surface area contributed by atoms with Crippen LogP contribution in [-0.4, -0.2) is 33.6 Å². The first-order chi connectivity index (χ1) is 15.0. The first kappa shape index (κ1) is 21.4. The summed E-state index contributed by atoms with van der Waals surface area (Å²) in [7, 11) is 0. The van der Waals surface area contributed by atoms with Gasteiger partial charge in [-0.25, -0.2) is 0 Å². The van der Waals surface area contributed by atoms with Crippen molar-refractivity contribution in [1.82, 2.24) is 0 Å². The Balaban J connectivity index is 1.71. The van der Waals surface area contributed by atoms with Crippen LogP contribution in [0.15, 0.2) is 0 Å². The van der Waals surface area contributed by atoms with Crippen LogP contribution >= 0.6 is 0 Å². The quantitative estimate of drug-likeness (QED) is 0.514. The maximum absolute atomic E-state index is 11.5. The minimum absolute atomic E-state index is 0.0313. The molecule has 1 aromatic rings. The van der Waals surface area contributed by atoms with Gasteiger partial charge in [0.05, 0.1) is 18.3 Å². The van der Waals surface area contributed by atoms with E-state index in [9.17, 15) is 15.3 Å². The SMILES string of the molecule is CC1(C)[C@@H]2C[C@@H](O)[C@@]1(C)c1c2c2c(c3c1[C@H]1C[C@@H](O)[C@]3(C)C1(C)C)[C@H]1C[C@@H](O)[C@]2(C)C1(C)C. The molecule has 0 heterocycles. The fourth-order valence-corrected chi connectivity index (χ4v) is 11.1. The van der Waals surface area contributed by atoms with E-state index in [0.717, 1.165) is 19.3 Å². The van der Waals surface area contributed by atoms with Gasteiger partial charge in [0.2, 0.25) is 0 Å². The van der Waals surface area contributed by atoms with Crippen molar-refractivity contribution >= 4 is 0 Å². The third-order valence-corrected chi connectivity index (χ3v) is 14.2. The largest absolute Gasteiger partial charge is 0.392 e. The lowest BCUT2D eigenvalue weighted by atomic mass is 9.61. The molecule has 0 unspecified atom stereocenters. The fraction of sp³-hybridized carbons (Fsp3) is 0.800. The lowest BCUT2D eigenvalue weighted by Crippen LogP contribution is -2.45. The second-order valence-corrected chi connectivity index (χ2v) is 15.1. The van der Waals surface area contributed by atoms with E-state index in [0.29, 0.717) is 17.8 Å². The van der Waals surface area contributed by atoms with Gasteiger partial charge in [-0.3, -0.25) is 0 Å². The lowest BCUT2D eigenvalue weighted by Gasteiger charge is -2.44. The Hall–Kier alpha value is -0.900. The zero-order valence-electron chi connectivity index (χ0n) is 21.9. The predicted molar refractivity (Wildman–Crippen MR) is 130 cm³/mol. The van der Waals surface area contributed by atoms with Crippen molar-refractivity contribution in [2.45, 2.75) is 134 Å². The molecule has 7 rings (SSSR count). The monoisotopic (exact) mass is 450 g/mol. The van der Waals surface area contributed by atoms with Crippen molar-refractivity contribution in [3.63, 3.8) is 0 Å². The molecule has 6 aliphatic carbocycles. The highest BCUT2D eigenvalue weighted by Gasteiger charge is 2.76. The molecule has 1 aromatic carbocycles. The van der Waals surface area contributed by atoms with Crippen molar-refractivity contribution in [2.75, 3.05) is 0 Å². The van der Waals surface area contributed by atoms with E-state index in [1.54, 1.807) is 0 Å². The van der Waals surface area contributed by atoms with Crippen molar-refractivity contribution in [1.29, 1.82) is 0 Å². The molecule has 0 aromatic heterocycles. The Morgan fingerprint density at radius 1 is 0.455 bits per heavy atom. The number of hydrogen-bond donors (Lipinski definition) is 3. The molecule has 9 atom stereocenters. The molecule has 6 bridgehead atoms. The highest BCUT2D eigenvalue weighted by Crippen LogP contribution is 2.81. The van der Waals surface area contributed by atoms with Crippen LogP contribution < -0.4 is 0 Å². The van der Waals surface area contributed by atoms with E-state index >= 15 is 0 Å². The third-order valence-electron chi connectivity index (χ3n) is 14.2. The van der Waals surface area contributed by atoms with Gasteiger partial charge in [-0.2, -0.15) is 0 Å². The number of fused-ring (bicyclic) bond motifs is 18. The zero-order chi connectivity index (χ0) is 24.0. The number of aliphatic hydroxyl groups excluding tert-OH is 3. The van der Waals surface area contributed by atoms with E-state index in [1.807, 2.05) is 0 Å². The molecule has 0 aliphatic heterocycles. The first-order valence-electron chi connectivity index (χ1n) is 13.3. The Bertz CT molecular complexity index is 996. The molecule has 6 aliphatic rings.